The predicted octanol–water partition coefficient (Wildman–Crippen LogP) is 5.78. The van der Waals surface area contributed by atoms with Crippen LogP contribution in [0.3, 0.4) is 0 Å². The third kappa shape index (κ3) is 4.42. The molecule has 0 amide bonds. The van der Waals surface area contributed by atoms with Gasteiger partial charge in [0, 0.05) is 5.75 Å². The van der Waals surface area contributed by atoms with Crippen LogP contribution in [-0.4, -0.2) is 0 Å². The van der Waals surface area contributed by atoms with Crippen molar-refractivity contribution in [2.45, 2.75) is 10.3 Å². The highest BCUT2D eigenvalue weighted by atomic mass is 32.7. The molecule has 0 fully saturated rings. The molecule has 0 bridgehead atoms. The number of rotatable bonds is 6. The standard InChI is InChI=1S/C16H17PS2/c1-2-13-8-10-14(11-9-13)12-18-16(19-17)15-6-4-3-5-7-15/h2-11,16H,1,12,17H2. The summed E-state index contributed by atoms with van der Waals surface area (Å²) < 4.78 is 0.463. The number of benzene rings is 2. The first-order valence-corrected chi connectivity index (χ1v) is 9.47. The predicted molar refractivity (Wildman–Crippen MR) is 94.3 cm³/mol. The molecule has 2 aromatic carbocycles. The summed E-state index contributed by atoms with van der Waals surface area (Å²) in [6.45, 7) is 3.78. The van der Waals surface area contributed by atoms with E-state index in [4.69, 9.17) is 0 Å². The van der Waals surface area contributed by atoms with Crippen LogP contribution in [0.4, 0.5) is 0 Å². The van der Waals surface area contributed by atoms with Crippen molar-refractivity contribution in [1.29, 1.82) is 0 Å². The second-order valence-corrected chi connectivity index (χ2v) is 7.09. The fourth-order valence-electron chi connectivity index (χ4n) is 1.75. The van der Waals surface area contributed by atoms with E-state index in [0.29, 0.717) is 4.58 Å². The number of hydrogen-bond donors (Lipinski definition) is 0. The zero-order chi connectivity index (χ0) is 13.5. The lowest BCUT2D eigenvalue weighted by atomic mass is 10.1. The van der Waals surface area contributed by atoms with E-state index >= 15 is 0 Å². The van der Waals surface area contributed by atoms with Crippen LogP contribution in [0, 0.1) is 0 Å². The summed E-state index contributed by atoms with van der Waals surface area (Å²) >= 11 is 3.77. The maximum atomic E-state index is 3.78. The molecule has 0 aliphatic heterocycles. The Hall–Kier alpha value is -0.690. The molecular weight excluding hydrogens is 287 g/mol. The van der Waals surface area contributed by atoms with Gasteiger partial charge >= 0.3 is 0 Å². The Labute approximate surface area is 126 Å². The first-order valence-electron chi connectivity index (χ1n) is 6.07. The topological polar surface area (TPSA) is 0 Å². The van der Waals surface area contributed by atoms with Gasteiger partial charge in [-0.3, -0.25) is 0 Å². The minimum absolute atomic E-state index is 0.463. The average molecular weight is 304 g/mol. The van der Waals surface area contributed by atoms with E-state index in [-0.39, 0.29) is 0 Å². The molecule has 0 nitrogen and oxygen atoms in total. The Bertz CT molecular complexity index is 508. The summed E-state index contributed by atoms with van der Waals surface area (Å²) in [4.78, 5) is 0. The smallest absolute Gasteiger partial charge is 0.0790 e. The monoisotopic (exact) mass is 304 g/mol. The van der Waals surface area contributed by atoms with E-state index in [1.807, 2.05) is 29.2 Å². The maximum absolute atomic E-state index is 3.78. The van der Waals surface area contributed by atoms with Gasteiger partial charge in [0.2, 0.25) is 0 Å². The van der Waals surface area contributed by atoms with Crippen LogP contribution >= 0.6 is 31.6 Å². The molecule has 2 aromatic rings. The van der Waals surface area contributed by atoms with E-state index in [1.165, 1.54) is 16.7 Å². The maximum Gasteiger partial charge on any atom is 0.0790 e. The molecule has 0 spiro atoms. The molecule has 0 N–H and O–H groups in total. The minimum atomic E-state index is 0.463. The van der Waals surface area contributed by atoms with Gasteiger partial charge in [-0.2, -0.15) is 0 Å². The van der Waals surface area contributed by atoms with Crippen molar-refractivity contribution >= 4 is 37.7 Å². The van der Waals surface area contributed by atoms with Crippen LogP contribution in [0.15, 0.2) is 61.2 Å². The molecule has 19 heavy (non-hydrogen) atoms. The summed E-state index contributed by atoms with van der Waals surface area (Å²) in [6.07, 6.45) is 1.88. The number of thioether (sulfide) groups is 1. The quantitative estimate of drug-likeness (QED) is 0.490. The van der Waals surface area contributed by atoms with Gasteiger partial charge in [-0.15, -0.1) is 23.1 Å². The van der Waals surface area contributed by atoms with Crippen molar-refractivity contribution in [3.63, 3.8) is 0 Å². The Kier molecular flexibility index (Phi) is 6.03. The zero-order valence-electron chi connectivity index (χ0n) is 10.7. The fourth-order valence-corrected chi connectivity index (χ4v) is 4.64. The SMILES string of the molecule is C=Cc1ccc(CSC(SP)c2ccccc2)cc1. The first-order chi connectivity index (χ1) is 9.33. The lowest BCUT2D eigenvalue weighted by molar-refractivity contribution is 1.35. The summed E-state index contributed by atoms with van der Waals surface area (Å²) in [7, 11) is 2.78. The van der Waals surface area contributed by atoms with E-state index in [2.05, 4.69) is 69.6 Å². The molecule has 0 saturated heterocycles. The van der Waals surface area contributed by atoms with E-state index in [0.717, 1.165) is 5.75 Å². The molecule has 0 heterocycles. The third-order valence-electron chi connectivity index (χ3n) is 2.81. The molecule has 98 valence electrons. The van der Waals surface area contributed by atoms with Crippen molar-refractivity contribution in [3.05, 3.63) is 77.9 Å². The second kappa shape index (κ2) is 7.79. The van der Waals surface area contributed by atoms with Crippen LogP contribution in [0.25, 0.3) is 6.08 Å². The number of hydrogen-bond acceptors (Lipinski definition) is 2. The Balaban J connectivity index is 1.97. The van der Waals surface area contributed by atoms with Crippen LogP contribution in [-0.2, 0) is 5.75 Å². The normalized spacial score (nSPS) is 12.1. The van der Waals surface area contributed by atoms with E-state index < -0.39 is 0 Å². The molecule has 2 unspecified atom stereocenters. The highest BCUT2D eigenvalue weighted by Gasteiger charge is 2.10. The van der Waals surface area contributed by atoms with Crippen LogP contribution in [0.5, 0.6) is 0 Å². The van der Waals surface area contributed by atoms with Gasteiger partial charge in [-0.05, 0) is 16.7 Å². The summed E-state index contributed by atoms with van der Waals surface area (Å²) in [5.41, 5.74) is 3.90. The lowest BCUT2D eigenvalue weighted by Gasteiger charge is -2.14. The van der Waals surface area contributed by atoms with E-state index in [1.54, 1.807) is 0 Å². The van der Waals surface area contributed by atoms with Gasteiger partial charge < -0.3 is 0 Å². The third-order valence-corrected chi connectivity index (χ3v) is 6.56. The highest BCUT2D eigenvalue weighted by Crippen LogP contribution is 2.44. The summed E-state index contributed by atoms with van der Waals surface area (Å²) in [6, 6.07) is 19.2. The zero-order valence-corrected chi connectivity index (χ0v) is 13.4. The van der Waals surface area contributed by atoms with Gasteiger partial charge in [0.15, 0.2) is 0 Å². The molecule has 2 atom stereocenters. The van der Waals surface area contributed by atoms with Crippen LogP contribution < -0.4 is 0 Å². The van der Waals surface area contributed by atoms with Gasteiger partial charge in [0.05, 0.1) is 4.58 Å². The Morgan fingerprint density at radius 1 is 1.05 bits per heavy atom. The van der Waals surface area contributed by atoms with Gasteiger partial charge in [0.1, 0.15) is 0 Å². The molecular formula is C16H17PS2. The van der Waals surface area contributed by atoms with Crippen molar-refractivity contribution in [1.82, 2.24) is 0 Å². The summed E-state index contributed by atoms with van der Waals surface area (Å²) in [5, 5.41) is 0. The fraction of sp³-hybridized carbons (Fsp3) is 0.125. The second-order valence-electron chi connectivity index (χ2n) is 4.14. The van der Waals surface area contributed by atoms with Crippen molar-refractivity contribution in [2.75, 3.05) is 0 Å². The highest BCUT2D eigenvalue weighted by molar-refractivity contribution is 8.47. The van der Waals surface area contributed by atoms with Crippen LogP contribution in [0.2, 0.25) is 0 Å². The van der Waals surface area contributed by atoms with Crippen molar-refractivity contribution < 1.29 is 0 Å². The molecule has 0 aromatic heterocycles. The lowest BCUT2D eigenvalue weighted by Crippen LogP contribution is -1.88. The molecule has 0 saturated carbocycles. The molecule has 0 radical (unpaired) electrons. The molecule has 0 aliphatic carbocycles. The van der Waals surface area contributed by atoms with Gasteiger partial charge in [-0.25, -0.2) is 0 Å². The molecule has 3 heteroatoms. The largest absolute Gasteiger partial charge is 0.138 e. The molecule has 0 aliphatic rings. The first kappa shape index (κ1) is 14.7. The van der Waals surface area contributed by atoms with Gasteiger partial charge in [-0.1, -0.05) is 75.7 Å². The Morgan fingerprint density at radius 3 is 2.32 bits per heavy atom. The van der Waals surface area contributed by atoms with Gasteiger partial charge in [0.25, 0.3) is 0 Å². The summed E-state index contributed by atoms with van der Waals surface area (Å²) in [5.74, 6) is 1.03. The van der Waals surface area contributed by atoms with Crippen LogP contribution in [0.1, 0.15) is 21.3 Å². The van der Waals surface area contributed by atoms with Crippen molar-refractivity contribution in [3.8, 4) is 0 Å². The molecule has 2 rings (SSSR count). The van der Waals surface area contributed by atoms with E-state index in [9.17, 15) is 0 Å². The average Bonchev–Trinajstić information content (AvgIpc) is 2.49. The Morgan fingerprint density at radius 2 is 1.74 bits per heavy atom. The van der Waals surface area contributed by atoms with Crippen molar-refractivity contribution in [2.24, 2.45) is 0 Å². The minimum Gasteiger partial charge on any atom is -0.138 e.